The summed E-state index contributed by atoms with van der Waals surface area (Å²) in [6.45, 7) is -0.294. The molecule has 6 rings (SSSR count). The zero-order valence-electron chi connectivity index (χ0n) is 26.2. The first-order valence-electron chi connectivity index (χ1n) is 16.7. The van der Waals surface area contributed by atoms with Crippen molar-refractivity contribution in [2.75, 3.05) is 13.2 Å². The smallest absolute Gasteiger partial charge is 0.484 e. The molecular formula is C33H46ClF4N3O5. The highest BCUT2D eigenvalue weighted by Crippen LogP contribution is 2.49. The van der Waals surface area contributed by atoms with E-state index in [0.717, 1.165) is 57.4 Å². The van der Waals surface area contributed by atoms with Crippen molar-refractivity contribution in [1.29, 1.82) is 0 Å². The van der Waals surface area contributed by atoms with Crippen LogP contribution in [0.25, 0.3) is 0 Å². The maximum Gasteiger partial charge on any atom is 0.524 e. The molecular weight excluding hydrogens is 630 g/mol. The average Bonchev–Trinajstić information content (AvgIpc) is 3.05. The molecule has 258 valence electrons. The molecule has 1 heterocycles. The van der Waals surface area contributed by atoms with E-state index in [0.29, 0.717) is 44.9 Å². The first kappa shape index (κ1) is 35.2. The summed E-state index contributed by atoms with van der Waals surface area (Å²) in [5.41, 5.74) is -2.34. The van der Waals surface area contributed by atoms with Crippen molar-refractivity contribution in [2.45, 2.75) is 133 Å². The minimum absolute atomic E-state index is 0.0567. The summed E-state index contributed by atoms with van der Waals surface area (Å²) in [6.07, 6.45) is 4.56. The van der Waals surface area contributed by atoms with Crippen molar-refractivity contribution in [2.24, 2.45) is 11.3 Å². The maximum atomic E-state index is 13.8. The zero-order chi connectivity index (χ0) is 33.0. The van der Waals surface area contributed by atoms with E-state index in [4.69, 9.17) is 16.3 Å². The Morgan fingerprint density at radius 1 is 0.935 bits per heavy atom. The van der Waals surface area contributed by atoms with Crippen LogP contribution >= 0.6 is 11.6 Å². The molecule has 1 aromatic carbocycles. The third-order valence-electron chi connectivity index (χ3n) is 10.8. The van der Waals surface area contributed by atoms with Gasteiger partial charge < -0.3 is 20.5 Å². The van der Waals surface area contributed by atoms with E-state index in [1.54, 1.807) is 0 Å². The summed E-state index contributed by atoms with van der Waals surface area (Å²) < 4.78 is 64.3. The van der Waals surface area contributed by atoms with Gasteiger partial charge in [-0.2, -0.15) is 0 Å². The number of benzene rings is 1. The number of hydrogen-bond acceptors (Lipinski definition) is 6. The highest BCUT2D eigenvalue weighted by Gasteiger charge is 2.56. The SMILES string of the molecule is O=C(COc1ccc(Cl)c(F)c1)NC12CCC(NC(=O)C3CNC(OC(F)(F)F)C4(CCCCCCCCCC4)C3)(CC1)CC2O. The Kier molecular flexibility index (Phi) is 11.1. The van der Waals surface area contributed by atoms with Crippen molar-refractivity contribution >= 4 is 23.4 Å². The van der Waals surface area contributed by atoms with E-state index in [2.05, 4.69) is 20.7 Å². The number of rotatable bonds is 7. The lowest BCUT2D eigenvalue weighted by molar-refractivity contribution is -0.364. The second kappa shape index (κ2) is 14.5. The lowest BCUT2D eigenvalue weighted by Gasteiger charge is -2.56. The summed E-state index contributed by atoms with van der Waals surface area (Å²) in [5, 5.41) is 20.3. The zero-order valence-corrected chi connectivity index (χ0v) is 26.9. The number of aliphatic hydroxyl groups is 1. The van der Waals surface area contributed by atoms with Gasteiger partial charge in [0.25, 0.3) is 5.91 Å². The summed E-state index contributed by atoms with van der Waals surface area (Å²) in [4.78, 5) is 26.6. The number of aliphatic hydroxyl groups excluding tert-OH is 1. The number of alkyl halides is 3. The molecule has 46 heavy (non-hydrogen) atoms. The number of carbonyl (C=O) groups excluding carboxylic acids is 2. The van der Waals surface area contributed by atoms with Crippen molar-refractivity contribution in [1.82, 2.24) is 16.0 Å². The molecule has 4 aliphatic carbocycles. The molecule has 4 N–H and O–H groups in total. The van der Waals surface area contributed by atoms with Crippen LogP contribution in [0.15, 0.2) is 18.2 Å². The van der Waals surface area contributed by atoms with Gasteiger partial charge >= 0.3 is 6.36 Å². The van der Waals surface area contributed by atoms with Crippen molar-refractivity contribution in [3.05, 3.63) is 29.0 Å². The Bertz CT molecular complexity index is 1210. The molecule has 0 radical (unpaired) electrons. The van der Waals surface area contributed by atoms with Gasteiger partial charge in [0.2, 0.25) is 5.91 Å². The first-order chi connectivity index (χ1) is 21.8. The van der Waals surface area contributed by atoms with Crippen LogP contribution in [-0.2, 0) is 14.3 Å². The fourth-order valence-electron chi connectivity index (χ4n) is 8.28. The molecule has 5 aliphatic rings. The lowest BCUT2D eigenvalue weighted by Crippen LogP contribution is -2.71. The van der Waals surface area contributed by atoms with Gasteiger partial charge in [0.15, 0.2) is 6.61 Å². The predicted molar refractivity (Wildman–Crippen MR) is 163 cm³/mol. The predicted octanol–water partition coefficient (Wildman–Crippen LogP) is 6.28. The topological polar surface area (TPSA) is 109 Å². The number of fused-ring (bicyclic) bond motifs is 3. The van der Waals surface area contributed by atoms with Crippen LogP contribution in [-0.4, -0.2) is 59.8 Å². The summed E-state index contributed by atoms with van der Waals surface area (Å²) >= 11 is 5.69. The van der Waals surface area contributed by atoms with Gasteiger partial charge in [-0.3, -0.25) is 19.6 Å². The van der Waals surface area contributed by atoms with Gasteiger partial charge in [-0.25, -0.2) is 4.39 Å². The van der Waals surface area contributed by atoms with Crippen LogP contribution in [0.1, 0.15) is 103 Å². The van der Waals surface area contributed by atoms with Crippen LogP contribution in [0.4, 0.5) is 17.6 Å². The van der Waals surface area contributed by atoms with Crippen molar-refractivity contribution in [3.8, 4) is 5.75 Å². The minimum Gasteiger partial charge on any atom is -0.484 e. The Hall–Kier alpha value is -2.15. The van der Waals surface area contributed by atoms with Gasteiger partial charge in [-0.05, 0) is 63.5 Å². The van der Waals surface area contributed by atoms with E-state index in [1.807, 2.05) is 0 Å². The van der Waals surface area contributed by atoms with Crippen LogP contribution < -0.4 is 20.7 Å². The normalized spacial score (nSPS) is 31.9. The molecule has 5 fully saturated rings. The number of halogens is 5. The van der Waals surface area contributed by atoms with E-state index in [1.165, 1.54) is 12.1 Å². The molecule has 1 spiro atoms. The number of amides is 2. The molecule has 2 bridgehead atoms. The van der Waals surface area contributed by atoms with E-state index >= 15 is 0 Å². The van der Waals surface area contributed by atoms with Crippen LogP contribution in [0.2, 0.25) is 5.02 Å². The van der Waals surface area contributed by atoms with Crippen LogP contribution in [0, 0.1) is 17.2 Å². The lowest BCUT2D eigenvalue weighted by atomic mass is 9.59. The molecule has 13 heteroatoms. The van der Waals surface area contributed by atoms with E-state index < -0.39 is 52.8 Å². The summed E-state index contributed by atoms with van der Waals surface area (Å²) in [7, 11) is 0. The fraction of sp³-hybridized carbons (Fsp3) is 0.758. The molecule has 2 amide bonds. The average molecular weight is 676 g/mol. The van der Waals surface area contributed by atoms with Crippen LogP contribution in [0.3, 0.4) is 0 Å². The third kappa shape index (κ3) is 8.46. The second-order valence-electron chi connectivity index (χ2n) is 14.0. The monoisotopic (exact) mass is 675 g/mol. The summed E-state index contributed by atoms with van der Waals surface area (Å²) in [6, 6.07) is 3.88. The highest BCUT2D eigenvalue weighted by molar-refractivity contribution is 6.30. The quantitative estimate of drug-likeness (QED) is 0.254. The minimum atomic E-state index is -4.78. The highest BCUT2D eigenvalue weighted by atomic mass is 35.5. The third-order valence-corrected chi connectivity index (χ3v) is 11.1. The van der Waals surface area contributed by atoms with Gasteiger partial charge in [-0.1, -0.05) is 63.0 Å². The van der Waals surface area contributed by atoms with Gasteiger partial charge in [0.1, 0.15) is 17.8 Å². The Balaban J connectivity index is 1.20. The number of hydrogen-bond donors (Lipinski definition) is 4. The number of piperidine rings is 1. The second-order valence-corrected chi connectivity index (χ2v) is 14.4. The number of nitrogens with one attached hydrogen (secondary N) is 3. The maximum absolute atomic E-state index is 13.8. The van der Waals surface area contributed by atoms with Crippen molar-refractivity contribution in [3.63, 3.8) is 0 Å². The van der Waals surface area contributed by atoms with E-state index in [-0.39, 0.29) is 36.3 Å². The number of ether oxygens (including phenoxy) is 2. The van der Waals surface area contributed by atoms with Crippen LogP contribution in [0.5, 0.6) is 5.75 Å². The molecule has 0 aromatic heterocycles. The van der Waals surface area contributed by atoms with Crippen molar-refractivity contribution < 1.29 is 41.7 Å². The molecule has 1 aromatic rings. The van der Waals surface area contributed by atoms with Gasteiger partial charge in [-0.15, -0.1) is 13.2 Å². The van der Waals surface area contributed by atoms with E-state index in [9.17, 15) is 32.3 Å². The fourth-order valence-corrected chi connectivity index (χ4v) is 8.40. The number of carbonyl (C=O) groups is 2. The standard InChI is InChI=1S/C33H46ClF4N3O5/c34-24-10-9-23(17-25(24)35)45-21-27(43)40-32-15-13-31(14-16-32,19-26(32)42)41-28(44)22-18-30(29(39-20-22)46-33(36,37)38)11-7-5-3-1-2-4-6-8-12-30/h9-10,17,22,26,29,39,42H,1-8,11-16,18-21H2,(H,40,43)(H,41,44). The molecule has 3 atom stereocenters. The molecule has 8 nitrogen and oxygen atoms in total. The Morgan fingerprint density at radius 2 is 1.57 bits per heavy atom. The first-order valence-corrected chi connectivity index (χ1v) is 17.1. The molecule has 1 aliphatic heterocycles. The largest absolute Gasteiger partial charge is 0.524 e. The van der Waals surface area contributed by atoms with Gasteiger partial charge in [0, 0.05) is 23.6 Å². The summed E-state index contributed by atoms with van der Waals surface area (Å²) in [5.74, 6) is -1.72. The molecule has 1 saturated heterocycles. The molecule has 3 unspecified atom stereocenters. The Labute approximate surface area is 272 Å². The van der Waals surface area contributed by atoms with Gasteiger partial charge in [0.05, 0.1) is 22.6 Å². The molecule has 4 saturated carbocycles. The Morgan fingerprint density at radius 3 is 2.15 bits per heavy atom.